The standard InChI is InChI=1S/C24H30ClF2N5O/c1-15(2)30-22(19(13-33)17-4-6-18(25)7-5-17)31-8-10-32(11-9-31)23-20-16(3)12-24(26,27)21(20)28-14-29-23/h4-7,13-16,19,22,30H,8-12H2,1-3H3/t16-,19?,22?/m1/s1. The van der Waals surface area contributed by atoms with E-state index < -0.39 is 5.92 Å². The lowest BCUT2D eigenvalue weighted by Crippen LogP contribution is -2.58. The minimum absolute atomic E-state index is 0.134. The van der Waals surface area contributed by atoms with Crippen LogP contribution >= 0.6 is 11.6 Å². The van der Waals surface area contributed by atoms with Crippen LogP contribution in [0, 0.1) is 0 Å². The Kier molecular flexibility index (Phi) is 6.98. The molecule has 2 heterocycles. The average molecular weight is 478 g/mol. The van der Waals surface area contributed by atoms with Crippen molar-refractivity contribution in [3.63, 3.8) is 0 Å². The fourth-order valence-electron chi connectivity index (χ4n) is 4.98. The molecule has 0 amide bonds. The maximum absolute atomic E-state index is 14.4. The molecule has 2 unspecified atom stereocenters. The van der Waals surface area contributed by atoms with E-state index in [2.05, 4.69) is 38.9 Å². The van der Waals surface area contributed by atoms with E-state index >= 15 is 0 Å². The van der Waals surface area contributed by atoms with Crippen molar-refractivity contribution >= 4 is 23.7 Å². The van der Waals surface area contributed by atoms with Gasteiger partial charge in [-0.05, 0) is 37.5 Å². The number of aldehydes is 1. The predicted octanol–water partition coefficient (Wildman–Crippen LogP) is 4.16. The summed E-state index contributed by atoms with van der Waals surface area (Å²) in [6.07, 6.45) is 1.82. The molecule has 3 atom stereocenters. The van der Waals surface area contributed by atoms with Gasteiger partial charge in [0.15, 0.2) is 0 Å². The molecule has 6 nitrogen and oxygen atoms in total. The normalized spacial score (nSPS) is 22.3. The van der Waals surface area contributed by atoms with E-state index in [4.69, 9.17) is 11.6 Å². The number of piperazine rings is 1. The van der Waals surface area contributed by atoms with Crippen LogP contribution in [0.3, 0.4) is 0 Å². The van der Waals surface area contributed by atoms with E-state index in [1.807, 2.05) is 19.1 Å². The largest absolute Gasteiger partial charge is 0.354 e. The summed E-state index contributed by atoms with van der Waals surface area (Å²) in [7, 11) is 0. The summed E-state index contributed by atoms with van der Waals surface area (Å²) in [6.45, 7) is 8.52. The molecule has 0 spiro atoms. The molecule has 1 aliphatic carbocycles. The highest BCUT2D eigenvalue weighted by molar-refractivity contribution is 6.30. The van der Waals surface area contributed by atoms with Gasteiger partial charge in [0, 0.05) is 49.2 Å². The van der Waals surface area contributed by atoms with Crippen LogP contribution in [-0.4, -0.2) is 59.5 Å². The van der Waals surface area contributed by atoms with Gasteiger partial charge in [-0.1, -0.05) is 30.7 Å². The Hall–Kier alpha value is -2.16. The molecule has 0 radical (unpaired) electrons. The van der Waals surface area contributed by atoms with Gasteiger partial charge in [0.05, 0.1) is 12.1 Å². The lowest BCUT2D eigenvalue weighted by atomic mass is 9.95. The molecule has 1 aromatic carbocycles. The highest BCUT2D eigenvalue weighted by Crippen LogP contribution is 2.49. The minimum atomic E-state index is -2.91. The van der Waals surface area contributed by atoms with Gasteiger partial charge < -0.3 is 9.69 Å². The molecule has 178 valence electrons. The van der Waals surface area contributed by atoms with Crippen molar-refractivity contribution in [2.75, 3.05) is 31.1 Å². The highest BCUT2D eigenvalue weighted by atomic mass is 35.5. The fourth-order valence-corrected chi connectivity index (χ4v) is 5.10. The topological polar surface area (TPSA) is 61.4 Å². The summed E-state index contributed by atoms with van der Waals surface area (Å²) in [5, 5.41) is 4.17. The van der Waals surface area contributed by atoms with Crippen molar-refractivity contribution in [1.29, 1.82) is 0 Å². The van der Waals surface area contributed by atoms with Crippen molar-refractivity contribution in [3.05, 3.63) is 52.4 Å². The van der Waals surface area contributed by atoms with Gasteiger partial charge in [-0.15, -0.1) is 0 Å². The average Bonchev–Trinajstić information content (AvgIpc) is 3.03. The zero-order valence-electron chi connectivity index (χ0n) is 19.1. The van der Waals surface area contributed by atoms with Crippen molar-refractivity contribution in [2.45, 2.75) is 57.2 Å². The SMILES string of the molecule is CC(C)NC(C(C=O)c1ccc(Cl)cc1)N1CCN(c2ncnc3c2[C@H](C)CC3(F)F)CC1. The Labute approximate surface area is 198 Å². The number of rotatable bonds is 7. The van der Waals surface area contributed by atoms with Gasteiger partial charge in [-0.25, -0.2) is 9.97 Å². The van der Waals surface area contributed by atoms with Crippen molar-refractivity contribution in [3.8, 4) is 0 Å². The molecular weight excluding hydrogens is 448 g/mol. The molecule has 4 rings (SSSR count). The predicted molar refractivity (Wildman–Crippen MR) is 125 cm³/mol. The number of halogens is 3. The van der Waals surface area contributed by atoms with Gasteiger partial charge in [0.2, 0.25) is 0 Å². The van der Waals surface area contributed by atoms with E-state index in [9.17, 15) is 13.6 Å². The number of carbonyl (C=O) groups excluding carboxylic acids is 1. The Balaban J connectivity index is 1.54. The minimum Gasteiger partial charge on any atom is -0.354 e. The van der Waals surface area contributed by atoms with Gasteiger partial charge in [0.1, 0.15) is 24.1 Å². The Morgan fingerprint density at radius 3 is 2.42 bits per heavy atom. The van der Waals surface area contributed by atoms with E-state index in [0.29, 0.717) is 42.6 Å². The number of aromatic nitrogens is 2. The third kappa shape index (κ3) is 4.88. The van der Waals surface area contributed by atoms with Crippen LogP contribution in [0.1, 0.15) is 55.8 Å². The molecule has 33 heavy (non-hydrogen) atoms. The zero-order chi connectivity index (χ0) is 23.8. The molecule has 2 aliphatic rings. The summed E-state index contributed by atoms with van der Waals surface area (Å²) in [5.41, 5.74) is 1.34. The summed E-state index contributed by atoms with van der Waals surface area (Å²) >= 11 is 6.04. The van der Waals surface area contributed by atoms with E-state index in [-0.39, 0.29) is 36.2 Å². The smallest absolute Gasteiger partial charge is 0.290 e. The second-order valence-electron chi connectivity index (χ2n) is 9.27. The number of anilines is 1. The number of nitrogens with one attached hydrogen (secondary N) is 1. The van der Waals surface area contributed by atoms with Crippen LogP contribution < -0.4 is 10.2 Å². The van der Waals surface area contributed by atoms with Gasteiger partial charge >= 0.3 is 0 Å². The molecule has 1 fully saturated rings. The summed E-state index contributed by atoms with van der Waals surface area (Å²) < 4.78 is 28.7. The van der Waals surface area contributed by atoms with Crippen molar-refractivity contribution in [2.24, 2.45) is 0 Å². The van der Waals surface area contributed by atoms with Crippen molar-refractivity contribution < 1.29 is 13.6 Å². The van der Waals surface area contributed by atoms with Crippen LogP contribution in [0.5, 0.6) is 0 Å². The van der Waals surface area contributed by atoms with Crippen LogP contribution in [0.25, 0.3) is 0 Å². The number of fused-ring (bicyclic) bond motifs is 1. The van der Waals surface area contributed by atoms with Crippen molar-refractivity contribution in [1.82, 2.24) is 20.2 Å². The third-order valence-electron chi connectivity index (χ3n) is 6.52. The zero-order valence-corrected chi connectivity index (χ0v) is 19.9. The van der Waals surface area contributed by atoms with Crippen LogP contribution in [0.15, 0.2) is 30.6 Å². The summed E-state index contributed by atoms with van der Waals surface area (Å²) in [4.78, 5) is 24.8. The molecular formula is C24H30ClF2N5O. The number of alkyl halides is 2. The van der Waals surface area contributed by atoms with E-state index in [1.165, 1.54) is 6.33 Å². The van der Waals surface area contributed by atoms with E-state index in [1.54, 1.807) is 12.1 Å². The maximum Gasteiger partial charge on any atom is 0.290 e. The van der Waals surface area contributed by atoms with Crippen LogP contribution in [0.2, 0.25) is 5.02 Å². The van der Waals surface area contributed by atoms with Crippen LogP contribution in [0.4, 0.5) is 14.6 Å². The first-order valence-corrected chi connectivity index (χ1v) is 11.8. The number of carbonyl (C=O) groups is 1. The first-order chi connectivity index (χ1) is 15.7. The van der Waals surface area contributed by atoms with Gasteiger partial charge in [0.25, 0.3) is 5.92 Å². The van der Waals surface area contributed by atoms with Crippen LogP contribution in [-0.2, 0) is 10.7 Å². The third-order valence-corrected chi connectivity index (χ3v) is 6.77. The molecule has 1 N–H and O–H groups in total. The molecule has 1 aromatic heterocycles. The highest BCUT2D eigenvalue weighted by Gasteiger charge is 2.47. The second-order valence-corrected chi connectivity index (χ2v) is 9.71. The second kappa shape index (κ2) is 9.60. The van der Waals surface area contributed by atoms with Gasteiger partial charge in [-0.3, -0.25) is 10.2 Å². The Morgan fingerprint density at radius 1 is 1.15 bits per heavy atom. The molecule has 0 saturated carbocycles. The van der Waals surface area contributed by atoms with E-state index in [0.717, 1.165) is 11.8 Å². The Morgan fingerprint density at radius 2 is 1.82 bits per heavy atom. The molecule has 9 heteroatoms. The molecule has 0 bridgehead atoms. The first-order valence-electron chi connectivity index (χ1n) is 11.4. The first kappa shape index (κ1) is 24.0. The number of nitrogens with zero attached hydrogens (tertiary/aromatic N) is 4. The number of benzene rings is 1. The molecule has 1 aliphatic heterocycles. The Bertz CT molecular complexity index is 979. The maximum atomic E-state index is 14.4. The molecule has 2 aromatic rings. The quantitative estimate of drug-likeness (QED) is 0.604. The summed E-state index contributed by atoms with van der Waals surface area (Å²) in [5.74, 6) is -2.94. The lowest BCUT2D eigenvalue weighted by molar-refractivity contribution is -0.111. The summed E-state index contributed by atoms with van der Waals surface area (Å²) in [6, 6.07) is 7.54. The number of hydrogen-bond acceptors (Lipinski definition) is 6. The van der Waals surface area contributed by atoms with Gasteiger partial charge in [-0.2, -0.15) is 8.78 Å². The monoisotopic (exact) mass is 477 g/mol. The molecule has 1 saturated heterocycles. The lowest BCUT2D eigenvalue weighted by Gasteiger charge is -2.43. The number of hydrogen-bond donors (Lipinski definition) is 1. The fraction of sp³-hybridized carbons (Fsp3) is 0.542.